The van der Waals surface area contributed by atoms with Crippen LogP contribution in [0, 0.1) is 11.7 Å². The largest absolute Gasteiger partial charge is 0.327 e. The molecular formula is C13H16FNO. The Morgan fingerprint density at radius 3 is 2.62 bits per heavy atom. The van der Waals surface area contributed by atoms with Crippen LogP contribution in [0.4, 0.5) is 4.39 Å². The van der Waals surface area contributed by atoms with Gasteiger partial charge in [0.2, 0.25) is 0 Å². The van der Waals surface area contributed by atoms with Crippen molar-refractivity contribution in [2.24, 2.45) is 11.7 Å². The lowest BCUT2D eigenvalue weighted by Crippen LogP contribution is -2.38. The maximum absolute atomic E-state index is 13.5. The van der Waals surface area contributed by atoms with Gasteiger partial charge in [-0.1, -0.05) is 25.0 Å². The van der Waals surface area contributed by atoms with Crippen LogP contribution in [0.15, 0.2) is 24.3 Å². The topological polar surface area (TPSA) is 43.1 Å². The maximum Gasteiger partial charge on any atom is 0.170 e. The molecule has 1 aromatic carbocycles. The summed E-state index contributed by atoms with van der Waals surface area (Å²) in [6.07, 6.45) is 3.74. The molecule has 2 atom stereocenters. The third kappa shape index (κ3) is 2.14. The molecule has 1 aliphatic carbocycles. The number of rotatable bonds is 2. The van der Waals surface area contributed by atoms with Gasteiger partial charge in [-0.15, -0.1) is 0 Å². The van der Waals surface area contributed by atoms with Crippen molar-refractivity contribution in [2.75, 3.05) is 0 Å². The van der Waals surface area contributed by atoms with Crippen LogP contribution in [-0.2, 0) is 0 Å². The lowest BCUT2D eigenvalue weighted by molar-refractivity contribution is 0.0867. The molecular weight excluding hydrogens is 205 g/mol. The van der Waals surface area contributed by atoms with Crippen molar-refractivity contribution in [2.45, 2.75) is 31.7 Å². The lowest BCUT2D eigenvalue weighted by atomic mass is 9.80. The normalized spacial score (nSPS) is 25.4. The number of carbonyl (C=O) groups excluding carboxylic acids is 1. The van der Waals surface area contributed by atoms with Crippen LogP contribution in [0.5, 0.6) is 0 Å². The first-order chi connectivity index (χ1) is 7.70. The maximum atomic E-state index is 13.5. The number of hydrogen-bond donors (Lipinski definition) is 1. The van der Waals surface area contributed by atoms with E-state index in [2.05, 4.69) is 0 Å². The van der Waals surface area contributed by atoms with Gasteiger partial charge in [0.05, 0.1) is 5.56 Å². The molecule has 3 heteroatoms. The molecule has 1 aromatic rings. The zero-order valence-corrected chi connectivity index (χ0v) is 9.16. The average molecular weight is 221 g/mol. The van der Waals surface area contributed by atoms with Gasteiger partial charge in [0.25, 0.3) is 0 Å². The van der Waals surface area contributed by atoms with E-state index in [0.29, 0.717) is 0 Å². The molecule has 2 unspecified atom stereocenters. The van der Waals surface area contributed by atoms with Crippen molar-refractivity contribution >= 4 is 5.78 Å². The fraction of sp³-hybridized carbons (Fsp3) is 0.462. The van der Waals surface area contributed by atoms with E-state index >= 15 is 0 Å². The number of carbonyl (C=O) groups is 1. The summed E-state index contributed by atoms with van der Waals surface area (Å²) in [4.78, 5) is 12.1. The van der Waals surface area contributed by atoms with Gasteiger partial charge in [-0.25, -0.2) is 4.39 Å². The summed E-state index contributed by atoms with van der Waals surface area (Å²) in [5, 5.41) is 0. The number of Topliss-reactive ketones (excluding diaryl/α,β-unsaturated/α-hetero) is 1. The Labute approximate surface area is 94.6 Å². The standard InChI is InChI=1S/C13H16FNO/c14-11-7-3-1-5-9(11)13(16)10-6-2-4-8-12(10)15/h1,3,5,7,10,12H,2,4,6,8,15H2. The van der Waals surface area contributed by atoms with Crippen molar-refractivity contribution in [3.8, 4) is 0 Å². The van der Waals surface area contributed by atoms with Crippen LogP contribution in [-0.4, -0.2) is 11.8 Å². The van der Waals surface area contributed by atoms with Crippen molar-refractivity contribution in [3.05, 3.63) is 35.6 Å². The Morgan fingerprint density at radius 1 is 1.25 bits per heavy atom. The minimum Gasteiger partial charge on any atom is -0.327 e. The van der Waals surface area contributed by atoms with Gasteiger partial charge < -0.3 is 5.73 Å². The summed E-state index contributed by atoms with van der Waals surface area (Å²) in [6, 6.07) is 6.03. The van der Waals surface area contributed by atoms with Crippen LogP contribution in [0.25, 0.3) is 0 Å². The van der Waals surface area contributed by atoms with Crippen molar-refractivity contribution < 1.29 is 9.18 Å². The highest BCUT2D eigenvalue weighted by atomic mass is 19.1. The van der Waals surface area contributed by atoms with Crippen molar-refractivity contribution in [1.29, 1.82) is 0 Å². The lowest BCUT2D eigenvalue weighted by Gasteiger charge is -2.27. The predicted molar refractivity (Wildman–Crippen MR) is 60.7 cm³/mol. The predicted octanol–water partition coefficient (Wildman–Crippen LogP) is 2.53. The monoisotopic (exact) mass is 221 g/mol. The van der Waals surface area contributed by atoms with Crippen LogP contribution in [0.3, 0.4) is 0 Å². The van der Waals surface area contributed by atoms with Gasteiger partial charge in [0.1, 0.15) is 5.82 Å². The van der Waals surface area contributed by atoms with E-state index in [1.807, 2.05) is 0 Å². The molecule has 0 spiro atoms. The third-order valence-electron chi connectivity index (χ3n) is 3.30. The number of benzene rings is 1. The molecule has 0 saturated heterocycles. The summed E-state index contributed by atoms with van der Waals surface area (Å²) in [5.74, 6) is -0.777. The first-order valence-electron chi connectivity index (χ1n) is 5.74. The molecule has 86 valence electrons. The molecule has 0 aromatic heterocycles. The summed E-state index contributed by atoms with van der Waals surface area (Å²) >= 11 is 0. The minimum atomic E-state index is -0.440. The zero-order valence-electron chi connectivity index (χ0n) is 9.16. The Bertz CT molecular complexity index is 391. The summed E-state index contributed by atoms with van der Waals surface area (Å²) in [7, 11) is 0. The summed E-state index contributed by atoms with van der Waals surface area (Å²) in [6.45, 7) is 0. The minimum absolute atomic E-state index is 0.110. The van der Waals surface area contributed by atoms with Gasteiger partial charge in [0, 0.05) is 12.0 Å². The Kier molecular flexibility index (Phi) is 3.34. The fourth-order valence-electron chi connectivity index (χ4n) is 2.35. The van der Waals surface area contributed by atoms with E-state index < -0.39 is 5.82 Å². The van der Waals surface area contributed by atoms with E-state index in [-0.39, 0.29) is 23.3 Å². The number of halogens is 1. The van der Waals surface area contributed by atoms with Gasteiger partial charge in [-0.05, 0) is 25.0 Å². The first-order valence-corrected chi connectivity index (χ1v) is 5.74. The second kappa shape index (κ2) is 4.74. The molecule has 0 heterocycles. The number of nitrogens with two attached hydrogens (primary N) is 1. The van der Waals surface area contributed by atoms with Crippen molar-refractivity contribution in [1.82, 2.24) is 0 Å². The van der Waals surface area contributed by atoms with E-state index in [4.69, 9.17) is 5.73 Å². The highest BCUT2D eigenvalue weighted by molar-refractivity contribution is 5.98. The zero-order chi connectivity index (χ0) is 11.5. The van der Waals surface area contributed by atoms with E-state index in [1.165, 1.54) is 6.07 Å². The van der Waals surface area contributed by atoms with Crippen LogP contribution < -0.4 is 5.73 Å². The summed E-state index contributed by atoms with van der Waals surface area (Å²) < 4.78 is 13.5. The molecule has 0 bridgehead atoms. The van der Waals surface area contributed by atoms with E-state index in [0.717, 1.165) is 25.7 Å². The molecule has 1 fully saturated rings. The van der Waals surface area contributed by atoms with Crippen LogP contribution in [0.2, 0.25) is 0 Å². The smallest absolute Gasteiger partial charge is 0.170 e. The van der Waals surface area contributed by atoms with Gasteiger partial charge in [-0.2, -0.15) is 0 Å². The number of hydrogen-bond acceptors (Lipinski definition) is 2. The van der Waals surface area contributed by atoms with Crippen molar-refractivity contribution in [3.63, 3.8) is 0 Å². The second-order valence-electron chi connectivity index (χ2n) is 4.40. The summed E-state index contributed by atoms with van der Waals surface area (Å²) in [5.41, 5.74) is 6.11. The van der Waals surface area contributed by atoms with Crippen LogP contribution >= 0.6 is 0 Å². The Balaban J connectivity index is 2.21. The molecule has 0 radical (unpaired) electrons. The van der Waals surface area contributed by atoms with Crippen LogP contribution in [0.1, 0.15) is 36.0 Å². The number of ketones is 1. The Hall–Kier alpha value is -1.22. The van der Waals surface area contributed by atoms with Gasteiger partial charge >= 0.3 is 0 Å². The highest BCUT2D eigenvalue weighted by Crippen LogP contribution is 2.26. The molecule has 2 N–H and O–H groups in total. The van der Waals surface area contributed by atoms with Gasteiger partial charge in [-0.3, -0.25) is 4.79 Å². The SMILES string of the molecule is NC1CCCCC1C(=O)c1ccccc1F. The fourth-order valence-corrected chi connectivity index (χ4v) is 2.35. The average Bonchev–Trinajstić information content (AvgIpc) is 2.29. The van der Waals surface area contributed by atoms with E-state index in [1.54, 1.807) is 18.2 Å². The molecule has 0 aliphatic heterocycles. The second-order valence-corrected chi connectivity index (χ2v) is 4.40. The molecule has 0 amide bonds. The highest BCUT2D eigenvalue weighted by Gasteiger charge is 2.30. The quantitative estimate of drug-likeness (QED) is 0.780. The molecule has 1 saturated carbocycles. The van der Waals surface area contributed by atoms with E-state index in [9.17, 15) is 9.18 Å². The molecule has 16 heavy (non-hydrogen) atoms. The molecule has 2 rings (SSSR count). The molecule has 1 aliphatic rings. The first kappa shape index (κ1) is 11.3. The Morgan fingerprint density at radius 2 is 1.94 bits per heavy atom. The molecule has 2 nitrogen and oxygen atoms in total. The third-order valence-corrected chi connectivity index (χ3v) is 3.30. The van der Waals surface area contributed by atoms with Gasteiger partial charge in [0.15, 0.2) is 5.78 Å².